The molecule has 1 heterocycles. The molecule has 2 aromatic carbocycles. The molecule has 4 rings (SSSR count). The molecule has 30 heavy (non-hydrogen) atoms. The summed E-state index contributed by atoms with van der Waals surface area (Å²) >= 11 is 0. The molecule has 0 spiro atoms. The summed E-state index contributed by atoms with van der Waals surface area (Å²) in [7, 11) is 2.11. The van der Waals surface area contributed by atoms with E-state index >= 15 is 0 Å². The zero-order chi connectivity index (χ0) is 20.7. The van der Waals surface area contributed by atoms with Gasteiger partial charge in [0.2, 0.25) is 5.52 Å². The fourth-order valence-electron chi connectivity index (χ4n) is 3.79. The third kappa shape index (κ3) is 7.17. The van der Waals surface area contributed by atoms with Crippen molar-refractivity contribution < 1.29 is 25.6 Å². The molecule has 2 nitrogen and oxygen atoms in total. The zero-order valence-electron chi connectivity index (χ0n) is 19.7. The summed E-state index contributed by atoms with van der Waals surface area (Å²) in [5.41, 5.74) is 11.4. The van der Waals surface area contributed by atoms with E-state index in [4.69, 9.17) is 5.73 Å². The van der Waals surface area contributed by atoms with Crippen molar-refractivity contribution in [3.8, 4) is 0 Å². The van der Waals surface area contributed by atoms with Crippen LogP contribution in [0.5, 0.6) is 0 Å². The van der Waals surface area contributed by atoms with Crippen LogP contribution in [0, 0.1) is 34.1 Å². The molecule has 0 unspecified atom stereocenters. The fraction of sp³-hybridized carbons (Fsp3) is 0.444. The van der Waals surface area contributed by atoms with Crippen LogP contribution >= 0.6 is 0 Å². The van der Waals surface area contributed by atoms with Gasteiger partial charge in [-0.15, -0.1) is 0 Å². The molecular formula is C27H40N2Pt-2. The number of hydrogen-bond donors (Lipinski definition) is 0. The van der Waals surface area contributed by atoms with Gasteiger partial charge in [0.1, 0.15) is 7.05 Å². The Hall–Kier alpha value is -1.24. The molecule has 1 aliphatic carbocycles. The maximum atomic E-state index is 7.42. The largest absolute Gasteiger partial charge is 0.677 e. The normalized spacial score (nSPS) is 17.6. The maximum absolute atomic E-state index is 7.42. The van der Waals surface area contributed by atoms with Crippen LogP contribution in [0.2, 0.25) is 0 Å². The molecule has 1 aliphatic rings. The van der Waals surface area contributed by atoms with Crippen molar-refractivity contribution in [3.05, 3.63) is 73.8 Å². The van der Waals surface area contributed by atoms with Crippen molar-refractivity contribution in [1.82, 2.24) is 0 Å². The van der Waals surface area contributed by atoms with Crippen LogP contribution in [-0.4, -0.2) is 6.04 Å². The smallest absolute Gasteiger partial charge is 0.220 e. The summed E-state index contributed by atoms with van der Waals surface area (Å²) < 4.78 is 2.21. The van der Waals surface area contributed by atoms with Gasteiger partial charge in [-0.3, -0.25) is 0 Å². The summed E-state index contributed by atoms with van der Waals surface area (Å²) in [6.45, 7) is 12.5. The Balaban J connectivity index is 0.000000551. The number of pyridine rings is 1. The first-order valence-electron chi connectivity index (χ1n) is 10.7. The van der Waals surface area contributed by atoms with E-state index in [1.54, 1.807) is 0 Å². The van der Waals surface area contributed by atoms with Gasteiger partial charge in [-0.05, 0) is 42.5 Å². The van der Waals surface area contributed by atoms with Crippen molar-refractivity contribution >= 4 is 21.7 Å². The molecular weight excluding hydrogens is 547 g/mol. The first-order valence-corrected chi connectivity index (χ1v) is 10.7. The molecule has 1 saturated carbocycles. The Morgan fingerprint density at radius 1 is 0.933 bits per heavy atom. The van der Waals surface area contributed by atoms with Crippen LogP contribution in [0.25, 0.3) is 27.4 Å². The van der Waals surface area contributed by atoms with E-state index in [2.05, 4.69) is 88.8 Å². The van der Waals surface area contributed by atoms with Gasteiger partial charge in [-0.1, -0.05) is 64.2 Å². The second-order valence-electron chi connectivity index (χ2n) is 8.10. The second-order valence-corrected chi connectivity index (χ2v) is 8.10. The van der Waals surface area contributed by atoms with Gasteiger partial charge in [-0.25, -0.2) is 4.57 Å². The van der Waals surface area contributed by atoms with Crippen molar-refractivity contribution in [3.63, 3.8) is 0 Å². The van der Waals surface area contributed by atoms with Gasteiger partial charge >= 0.3 is 0 Å². The van der Waals surface area contributed by atoms with Gasteiger partial charge in [0.15, 0.2) is 6.20 Å². The average molecular weight is 588 g/mol. The number of aromatic nitrogens is 1. The van der Waals surface area contributed by atoms with Crippen molar-refractivity contribution in [2.24, 2.45) is 13.0 Å². The van der Waals surface area contributed by atoms with Crippen LogP contribution in [0.15, 0.2) is 42.6 Å². The number of benzene rings is 2. The number of aryl methyl sites for hydroxylation is 3. The minimum atomic E-state index is 0. The van der Waals surface area contributed by atoms with Crippen molar-refractivity contribution in [1.29, 1.82) is 0 Å². The molecule has 2 atom stereocenters. The van der Waals surface area contributed by atoms with Gasteiger partial charge in [0.25, 0.3) is 0 Å². The number of nitrogens with one attached hydrogen (secondary N) is 1. The number of fused-ring (bicyclic) bond motifs is 3. The summed E-state index contributed by atoms with van der Waals surface area (Å²) in [6.07, 6.45) is 8.19. The number of rotatable bonds is 0. The molecule has 3 aromatic rings. The van der Waals surface area contributed by atoms with Crippen molar-refractivity contribution in [2.75, 3.05) is 0 Å². The van der Waals surface area contributed by atoms with E-state index in [9.17, 15) is 0 Å². The average Bonchev–Trinajstić information content (AvgIpc) is 2.68. The minimum absolute atomic E-state index is 0. The Morgan fingerprint density at radius 3 is 2.07 bits per heavy atom. The zero-order valence-corrected chi connectivity index (χ0v) is 22.0. The minimum Gasteiger partial charge on any atom is -0.677 e. The van der Waals surface area contributed by atoms with Crippen LogP contribution in [0.4, 0.5) is 0 Å². The van der Waals surface area contributed by atoms with Crippen molar-refractivity contribution in [2.45, 2.75) is 65.8 Å². The molecule has 0 bridgehead atoms. The van der Waals surface area contributed by atoms with E-state index < -0.39 is 0 Å². The molecule has 1 N–H and O–H groups in total. The Morgan fingerprint density at radius 2 is 1.50 bits per heavy atom. The number of nitrogens with zero attached hydrogens (tertiary/aromatic N) is 1. The van der Waals surface area contributed by atoms with Gasteiger partial charge in [0.05, 0.1) is 5.39 Å². The van der Waals surface area contributed by atoms with Crippen LogP contribution in [-0.2, 0) is 28.1 Å². The third-order valence-electron chi connectivity index (χ3n) is 5.49. The summed E-state index contributed by atoms with van der Waals surface area (Å²) in [5, 5.41) is 4.03. The first kappa shape index (κ1) is 28.8. The summed E-state index contributed by atoms with van der Waals surface area (Å²) in [5.74, 6) is 0.420. The van der Waals surface area contributed by atoms with E-state index in [1.807, 2.05) is 0 Å². The standard InChI is InChI=1S/C16H16N.C7H13N.C3H8.CH3.Pt/c1-11-5-4-6-15-13(11)7-8-14-12(2)9-10-17(3)16(14)15;1-6-4-2-3-5-7(6)8;1-3-2;;/h4-10H,1-3H3;6-8H,1-5H2;3H2,1-2H3;1H3;/q+1;-2;;-1;/t;6-,7-;;;/m.0.../s1. The summed E-state index contributed by atoms with van der Waals surface area (Å²) in [4.78, 5) is 0. The van der Waals surface area contributed by atoms with E-state index in [-0.39, 0.29) is 34.5 Å². The van der Waals surface area contributed by atoms with Gasteiger partial charge in [-0.2, -0.15) is 12.0 Å². The monoisotopic (exact) mass is 587 g/mol. The molecule has 1 aromatic heterocycles. The van der Waals surface area contributed by atoms with Gasteiger partial charge in [0, 0.05) is 32.5 Å². The van der Waals surface area contributed by atoms with Crippen LogP contribution in [0.3, 0.4) is 0 Å². The van der Waals surface area contributed by atoms with E-state index in [0.717, 1.165) is 6.42 Å². The molecule has 0 aliphatic heterocycles. The Kier molecular flexibility index (Phi) is 13.4. The topological polar surface area (TPSA) is 27.7 Å². The summed E-state index contributed by atoms with van der Waals surface area (Å²) in [6, 6.07) is 13.3. The molecule has 0 radical (unpaired) electrons. The third-order valence-corrected chi connectivity index (χ3v) is 5.49. The molecule has 170 valence electrons. The second kappa shape index (κ2) is 13.9. The fourth-order valence-corrected chi connectivity index (χ4v) is 3.79. The molecule has 0 amide bonds. The Labute approximate surface area is 199 Å². The van der Waals surface area contributed by atoms with E-state index in [1.165, 1.54) is 58.5 Å². The predicted octanol–water partition coefficient (Wildman–Crippen LogP) is 7.73. The van der Waals surface area contributed by atoms with Crippen LogP contribution in [0.1, 0.15) is 57.1 Å². The number of hydrogen-bond acceptors (Lipinski definition) is 0. The molecule has 1 fully saturated rings. The van der Waals surface area contributed by atoms with E-state index in [0.29, 0.717) is 5.92 Å². The van der Waals surface area contributed by atoms with Gasteiger partial charge < -0.3 is 20.1 Å². The first-order chi connectivity index (χ1) is 13.4. The quantitative estimate of drug-likeness (QED) is 0.146. The SMILES string of the molecule is CCC.Cc1cccc2c1ccc1c(C)cc[n+](C)c12.[CH2-][C@H]1CCCC[C@@H]1[NH-].[CH3-].[Pt]. The predicted molar refractivity (Wildman–Crippen MR) is 130 cm³/mol. The van der Waals surface area contributed by atoms with Crippen LogP contribution < -0.4 is 4.57 Å². The maximum Gasteiger partial charge on any atom is 0.220 e. The molecule has 3 heteroatoms. The Bertz CT molecular complexity index is 894. The molecule has 0 saturated heterocycles.